The number of phosphoric ester groups is 2. The van der Waals surface area contributed by atoms with Crippen LogP contribution in [0, 0.1) is 0 Å². The minimum Gasteiger partial charge on any atom is -0.388 e. The van der Waals surface area contributed by atoms with Gasteiger partial charge in [0, 0.05) is 0 Å². The number of hydrogen-bond donors (Lipinski definition) is 10. The molecule has 9 atom stereocenters. The van der Waals surface area contributed by atoms with Crippen LogP contribution >= 0.6 is 15.6 Å². The average molecular weight is 502 g/mol. The van der Waals surface area contributed by atoms with Gasteiger partial charge in [0.2, 0.25) is 0 Å². The Labute approximate surface area is 173 Å². The normalized spacial score (nSPS) is 22.3. The Bertz CT molecular complexity index is 653. The minimum atomic E-state index is -5.31. The molecule has 0 heterocycles. The van der Waals surface area contributed by atoms with Gasteiger partial charge in [-0.15, -0.1) is 0 Å². The van der Waals surface area contributed by atoms with Crippen LogP contribution < -0.4 is 0 Å². The highest BCUT2D eigenvalue weighted by molar-refractivity contribution is 7.47. The minimum absolute atomic E-state index is 0.164. The number of rotatable bonds is 16. The summed E-state index contributed by atoms with van der Waals surface area (Å²) in [5.41, 5.74) is 0. The molecule has 0 aliphatic rings. The number of carbonyl (C=O) groups excluding carboxylic acids is 2. The standard InChI is InChI=1S/C12H24O17P2/c13-1-5(15)9(18)10(19)7(17)4-28-31(25,26)29-8(2-14)12(21)11(20)6(16)3-27-30(22,23)24/h1-2,5-12,15-21H,3-4H2,(H,25,26)(H2,22,23,24)/t5-,6+,7+,8-,9+,10-,11-,12+/m0/s1. The predicted molar refractivity (Wildman–Crippen MR) is 92.8 cm³/mol. The lowest BCUT2D eigenvalue weighted by Gasteiger charge is -2.28. The summed E-state index contributed by atoms with van der Waals surface area (Å²) >= 11 is 0. The topological polar surface area (TPSA) is 298 Å². The average Bonchev–Trinajstić information content (AvgIpc) is 2.70. The Morgan fingerprint density at radius 1 is 0.677 bits per heavy atom. The number of carbonyl (C=O) groups is 2. The second kappa shape index (κ2) is 13.1. The molecule has 10 N–H and O–H groups in total. The van der Waals surface area contributed by atoms with Crippen LogP contribution in [0.2, 0.25) is 0 Å². The SMILES string of the molecule is O=C[C@H](OP(=O)(O)OC[C@@H](O)[C@H](O)[C@H](O)[C@@H](O)C=O)[C@@H](O)[C@@H](O)[C@H](O)COP(=O)(O)O. The van der Waals surface area contributed by atoms with E-state index in [9.17, 15) is 54.3 Å². The van der Waals surface area contributed by atoms with Crippen LogP contribution in [0.15, 0.2) is 0 Å². The fourth-order valence-corrected chi connectivity index (χ4v) is 3.06. The molecule has 0 aliphatic carbocycles. The monoisotopic (exact) mass is 502 g/mol. The predicted octanol–water partition coefficient (Wildman–Crippen LogP) is -5.48. The van der Waals surface area contributed by atoms with Gasteiger partial charge in [0.15, 0.2) is 18.7 Å². The fraction of sp³-hybridized carbons (Fsp3) is 0.833. The molecule has 0 amide bonds. The van der Waals surface area contributed by atoms with Crippen molar-refractivity contribution in [1.82, 2.24) is 0 Å². The van der Waals surface area contributed by atoms with Gasteiger partial charge in [-0.25, -0.2) is 9.13 Å². The summed E-state index contributed by atoms with van der Waals surface area (Å²) in [5.74, 6) is 0. The van der Waals surface area contributed by atoms with Crippen molar-refractivity contribution < 1.29 is 82.7 Å². The quantitative estimate of drug-likeness (QED) is 0.0695. The summed E-state index contributed by atoms with van der Waals surface area (Å²) in [4.78, 5) is 47.9. The Kier molecular flexibility index (Phi) is 12.8. The molecular weight excluding hydrogens is 478 g/mol. The Balaban J connectivity index is 4.92. The first kappa shape index (κ1) is 30.3. The molecule has 0 aromatic rings. The number of phosphoric acid groups is 2. The molecule has 0 bridgehead atoms. The van der Waals surface area contributed by atoms with E-state index in [2.05, 4.69) is 13.6 Å². The first-order chi connectivity index (χ1) is 14.1. The van der Waals surface area contributed by atoms with E-state index in [4.69, 9.17) is 14.9 Å². The van der Waals surface area contributed by atoms with Crippen molar-refractivity contribution in [2.45, 2.75) is 48.8 Å². The van der Waals surface area contributed by atoms with Gasteiger partial charge in [-0.2, -0.15) is 0 Å². The Morgan fingerprint density at radius 2 is 1.13 bits per heavy atom. The molecule has 0 rings (SSSR count). The summed E-state index contributed by atoms with van der Waals surface area (Å²) in [6.07, 6.45) is -18.5. The van der Waals surface area contributed by atoms with E-state index in [-0.39, 0.29) is 12.6 Å². The first-order valence-electron chi connectivity index (χ1n) is 8.09. The van der Waals surface area contributed by atoms with Gasteiger partial charge in [-0.05, 0) is 0 Å². The van der Waals surface area contributed by atoms with E-state index in [1.807, 2.05) is 0 Å². The zero-order valence-corrected chi connectivity index (χ0v) is 17.2. The molecule has 0 radical (unpaired) electrons. The maximum absolute atomic E-state index is 11.8. The van der Waals surface area contributed by atoms with Gasteiger partial charge in [-0.1, -0.05) is 0 Å². The molecule has 0 spiro atoms. The molecule has 31 heavy (non-hydrogen) atoms. The Hall–Kier alpha value is -0.720. The van der Waals surface area contributed by atoms with Crippen molar-refractivity contribution >= 4 is 28.2 Å². The van der Waals surface area contributed by atoms with Crippen LogP contribution in [0.25, 0.3) is 0 Å². The molecule has 19 heteroatoms. The third kappa shape index (κ3) is 11.1. The van der Waals surface area contributed by atoms with Crippen molar-refractivity contribution in [3.63, 3.8) is 0 Å². The summed E-state index contributed by atoms with van der Waals surface area (Å²) in [5, 5.41) is 66.4. The van der Waals surface area contributed by atoms with Gasteiger partial charge in [-0.3, -0.25) is 13.6 Å². The zero-order chi connectivity index (χ0) is 24.6. The molecule has 0 aliphatic heterocycles. The second-order valence-electron chi connectivity index (χ2n) is 5.98. The van der Waals surface area contributed by atoms with E-state index in [1.165, 1.54) is 0 Å². The van der Waals surface area contributed by atoms with Gasteiger partial charge in [0.25, 0.3) is 0 Å². The lowest BCUT2D eigenvalue weighted by Crippen LogP contribution is -2.47. The maximum Gasteiger partial charge on any atom is 0.473 e. The van der Waals surface area contributed by atoms with E-state index in [1.54, 1.807) is 0 Å². The molecule has 0 aromatic heterocycles. The van der Waals surface area contributed by atoms with Crippen molar-refractivity contribution in [3.8, 4) is 0 Å². The van der Waals surface area contributed by atoms with Crippen LogP contribution in [0.4, 0.5) is 0 Å². The van der Waals surface area contributed by atoms with Crippen molar-refractivity contribution in [1.29, 1.82) is 0 Å². The molecule has 0 saturated carbocycles. The van der Waals surface area contributed by atoms with Gasteiger partial charge >= 0.3 is 15.6 Å². The molecule has 0 aromatic carbocycles. The van der Waals surface area contributed by atoms with Crippen LogP contribution in [-0.2, 0) is 32.3 Å². The van der Waals surface area contributed by atoms with Crippen molar-refractivity contribution in [2.24, 2.45) is 0 Å². The lowest BCUT2D eigenvalue weighted by atomic mass is 10.0. The molecular formula is C12H24O17P2. The van der Waals surface area contributed by atoms with Crippen LogP contribution in [0.5, 0.6) is 0 Å². The van der Waals surface area contributed by atoms with E-state index < -0.39 is 77.7 Å². The van der Waals surface area contributed by atoms with Crippen molar-refractivity contribution in [3.05, 3.63) is 0 Å². The first-order valence-corrected chi connectivity index (χ1v) is 11.1. The fourth-order valence-electron chi connectivity index (χ4n) is 1.83. The molecule has 1 unspecified atom stereocenters. The van der Waals surface area contributed by atoms with E-state index in [0.29, 0.717) is 0 Å². The van der Waals surface area contributed by atoms with Gasteiger partial charge < -0.3 is 60.0 Å². The smallest absolute Gasteiger partial charge is 0.388 e. The zero-order valence-electron chi connectivity index (χ0n) is 15.4. The number of aliphatic hydroxyl groups is 7. The van der Waals surface area contributed by atoms with Gasteiger partial charge in [0.05, 0.1) is 13.2 Å². The van der Waals surface area contributed by atoms with Crippen LogP contribution in [0.1, 0.15) is 0 Å². The number of aliphatic hydroxyl groups excluding tert-OH is 7. The third-order valence-corrected chi connectivity index (χ3v) is 5.00. The number of hydrogen-bond acceptors (Lipinski definition) is 14. The second-order valence-corrected chi connectivity index (χ2v) is 8.63. The summed E-state index contributed by atoms with van der Waals surface area (Å²) < 4.78 is 34.8. The molecule has 0 fully saturated rings. The highest BCUT2D eigenvalue weighted by Crippen LogP contribution is 2.45. The molecule has 0 saturated heterocycles. The summed E-state index contributed by atoms with van der Waals surface area (Å²) in [6.45, 7) is -2.46. The van der Waals surface area contributed by atoms with E-state index in [0.717, 1.165) is 0 Å². The molecule has 17 nitrogen and oxygen atoms in total. The maximum atomic E-state index is 11.8. The van der Waals surface area contributed by atoms with Crippen LogP contribution in [-0.4, -0.2) is 125 Å². The molecule has 184 valence electrons. The summed E-state index contributed by atoms with van der Waals surface area (Å²) in [7, 11) is -10.4. The summed E-state index contributed by atoms with van der Waals surface area (Å²) in [6, 6.07) is 0. The third-order valence-electron chi connectivity index (χ3n) is 3.53. The highest BCUT2D eigenvalue weighted by Gasteiger charge is 2.39. The number of aldehydes is 2. The highest BCUT2D eigenvalue weighted by atomic mass is 31.2. The van der Waals surface area contributed by atoms with E-state index >= 15 is 0 Å². The Morgan fingerprint density at radius 3 is 1.55 bits per heavy atom. The van der Waals surface area contributed by atoms with Crippen LogP contribution in [0.3, 0.4) is 0 Å². The largest absolute Gasteiger partial charge is 0.473 e. The lowest BCUT2D eigenvalue weighted by molar-refractivity contribution is -0.139. The van der Waals surface area contributed by atoms with Gasteiger partial charge in [0.1, 0.15) is 42.7 Å². The van der Waals surface area contributed by atoms with Crippen molar-refractivity contribution in [2.75, 3.05) is 13.2 Å².